The third-order valence-corrected chi connectivity index (χ3v) is 4.47. The third kappa shape index (κ3) is 3.44. The van der Waals surface area contributed by atoms with Gasteiger partial charge in [0.15, 0.2) is 22.3 Å². The topological polar surface area (TPSA) is 93.0 Å². The number of benzene rings is 1. The van der Waals surface area contributed by atoms with Crippen LogP contribution in [-0.4, -0.2) is 28.6 Å². The minimum absolute atomic E-state index is 0.0288. The van der Waals surface area contributed by atoms with Crippen LogP contribution in [0.25, 0.3) is 0 Å². The van der Waals surface area contributed by atoms with Crippen molar-refractivity contribution in [3.05, 3.63) is 44.7 Å². The molecule has 25 heavy (non-hydrogen) atoms. The molecular formula is C15H10Cl3N3O4. The summed E-state index contributed by atoms with van der Waals surface area (Å²) in [6, 6.07) is 5.34. The number of halogens is 3. The molecule has 130 valence electrons. The van der Waals surface area contributed by atoms with Gasteiger partial charge in [-0.3, -0.25) is 5.43 Å². The van der Waals surface area contributed by atoms with Gasteiger partial charge in [-0.1, -0.05) is 34.8 Å². The fraction of sp³-hybridized carbons (Fsp3) is 0.133. The maximum atomic E-state index is 11.2. The standard InChI is InChI=1S/C15H10Cl3N3O4/c1-6(7-2-3-8-9(4-7)25-5-24-8)20-21-12-10(16)13(15(22)23)19-14(18)11(12)17/h2-4H,5H2,1H3,(H,19,21)(H,22,23)/b20-6+. The van der Waals surface area contributed by atoms with Gasteiger partial charge < -0.3 is 14.6 Å². The van der Waals surface area contributed by atoms with Crippen molar-refractivity contribution < 1.29 is 19.4 Å². The van der Waals surface area contributed by atoms with E-state index in [1.807, 2.05) is 0 Å². The molecule has 1 aliphatic heterocycles. The van der Waals surface area contributed by atoms with Crippen molar-refractivity contribution in [2.75, 3.05) is 12.2 Å². The van der Waals surface area contributed by atoms with Gasteiger partial charge in [-0.25, -0.2) is 9.78 Å². The minimum atomic E-state index is -1.33. The molecule has 1 aliphatic rings. The molecule has 0 atom stereocenters. The fourth-order valence-corrected chi connectivity index (χ4v) is 2.75. The molecule has 0 unspecified atom stereocenters. The summed E-state index contributed by atoms with van der Waals surface area (Å²) in [5.74, 6) is -0.0612. The normalized spacial score (nSPS) is 13.0. The number of nitrogens with one attached hydrogen (secondary N) is 1. The number of carboxylic acid groups (broad SMARTS) is 1. The monoisotopic (exact) mass is 401 g/mol. The van der Waals surface area contributed by atoms with Crippen LogP contribution in [0.2, 0.25) is 15.2 Å². The molecule has 10 heteroatoms. The Balaban J connectivity index is 1.92. The zero-order valence-electron chi connectivity index (χ0n) is 12.6. The Kier molecular flexibility index (Phi) is 4.89. The van der Waals surface area contributed by atoms with Crippen molar-refractivity contribution in [2.45, 2.75) is 6.92 Å². The van der Waals surface area contributed by atoms with Crippen LogP contribution < -0.4 is 14.9 Å². The summed E-state index contributed by atoms with van der Waals surface area (Å²) in [7, 11) is 0. The Morgan fingerprint density at radius 2 is 1.96 bits per heavy atom. The number of aromatic carboxylic acids is 1. The van der Waals surface area contributed by atoms with E-state index in [-0.39, 0.29) is 27.7 Å². The van der Waals surface area contributed by atoms with Crippen molar-refractivity contribution in [2.24, 2.45) is 5.10 Å². The molecular weight excluding hydrogens is 393 g/mol. The number of hydrogen-bond acceptors (Lipinski definition) is 6. The number of hydrogen-bond donors (Lipinski definition) is 2. The molecule has 0 spiro atoms. The maximum absolute atomic E-state index is 11.2. The van der Waals surface area contributed by atoms with Gasteiger partial charge in [-0.15, -0.1) is 0 Å². The number of hydrazone groups is 1. The molecule has 2 heterocycles. The second-order valence-electron chi connectivity index (χ2n) is 4.94. The number of aromatic nitrogens is 1. The number of anilines is 1. The van der Waals surface area contributed by atoms with E-state index in [1.54, 1.807) is 25.1 Å². The van der Waals surface area contributed by atoms with E-state index in [0.29, 0.717) is 17.2 Å². The lowest BCUT2D eigenvalue weighted by atomic mass is 10.1. The second-order valence-corrected chi connectivity index (χ2v) is 6.05. The highest BCUT2D eigenvalue weighted by Gasteiger charge is 2.21. The summed E-state index contributed by atoms with van der Waals surface area (Å²) in [4.78, 5) is 14.8. The quantitative estimate of drug-likeness (QED) is 0.450. The Morgan fingerprint density at radius 3 is 2.68 bits per heavy atom. The SMILES string of the molecule is C/C(=N\Nc1c(Cl)c(Cl)nc(C(=O)O)c1Cl)c1ccc2c(c1)OCO2. The van der Waals surface area contributed by atoms with Crippen molar-refractivity contribution >= 4 is 52.2 Å². The lowest BCUT2D eigenvalue weighted by molar-refractivity contribution is 0.0691. The molecule has 1 aromatic heterocycles. The summed E-state index contributed by atoms with van der Waals surface area (Å²) >= 11 is 17.9. The largest absolute Gasteiger partial charge is 0.476 e. The van der Waals surface area contributed by atoms with Crippen molar-refractivity contribution in [3.63, 3.8) is 0 Å². The second kappa shape index (κ2) is 6.95. The van der Waals surface area contributed by atoms with Crippen LogP contribution in [0.1, 0.15) is 23.0 Å². The summed E-state index contributed by atoms with van der Waals surface area (Å²) in [6.07, 6.45) is 0. The highest BCUT2D eigenvalue weighted by atomic mass is 35.5. The van der Waals surface area contributed by atoms with E-state index in [2.05, 4.69) is 15.5 Å². The van der Waals surface area contributed by atoms with Gasteiger partial charge in [0.2, 0.25) is 6.79 Å². The van der Waals surface area contributed by atoms with E-state index < -0.39 is 11.7 Å². The molecule has 0 fully saturated rings. The summed E-state index contributed by atoms with van der Waals surface area (Å²) in [5.41, 5.74) is 3.63. The van der Waals surface area contributed by atoms with Crippen molar-refractivity contribution in [1.29, 1.82) is 0 Å². The third-order valence-electron chi connectivity index (χ3n) is 3.37. The zero-order valence-corrected chi connectivity index (χ0v) is 14.9. The average molecular weight is 403 g/mol. The lowest BCUT2D eigenvalue weighted by Crippen LogP contribution is -2.06. The van der Waals surface area contributed by atoms with Gasteiger partial charge in [0.05, 0.1) is 11.4 Å². The van der Waals surface area contributed by atoms with Gasteiger partial charge in [-0.05, 0) is 25.1 Å². The first-order chi connectivity index (χ1) is 11.9. The highest BCUT2D eigenvalue weighted by molar-refractivity contribution is 6.46. The van der Waals surface area contributed by atoms with Crippen molar-refractivity contribution in [1.82, 2.24) is 4.98 Å². The minimum Gasteiger partial charge on any atom is -0.476 e. The van der Waals surface area contributed by atoms with Crippen LogP contribution in [0.3, 0.4) is 0 Å². The van der Waals surface area contributed by atoms with Gasteiger partial charge in [0, 0.05) is 5.56 Å². The number of nitrogens with zero attached hydrogens (tertiary/aromatic N) is 2. The molecule has 7 nitrogen and oxygen atoms in total. The number of pyridine rings is 1. The van der Waals surface area contributed by atoms with Gasteiger partial charge in [0.25, 0.3) is 0 Å². The molecule has 1 aromatic carbocycles. The number of fused-ring (bicyclic) bond motifs is 1. The average Bonchev–Trinajstić information content (AvgIpc) is 3.05. The Labute approximate surface area is 157 Å². The number of carbonyl (C=O) groups is 1. The Bertz CT molecular complexity index is 902. The first-order valence-corrected chi connectivity index (χ1v) is 8.00. The van der Waals surface area contributed by atoms with Crippen LogP contribution in [0.4, 0.5) is 5.69 Å². The molecule has 0 aliphatic carbocycles. The summed E-state index contributed by atoms with van der Waals surface area (Å²) < 4.78 is 10.6. The highest BCUT2D eigenvalue weighted by Crippen LogP contribution is 2.37. The maximum Gasteiger partial charge on any atom is 0.356 e. The summed E-state index contributed by atoms with van der Waals surface area (Å²) in [5, 5.41) is 12.9. The van der Waals surface area contributed by atoms with E-state index in [4.69, 9.17) is 49.4 Å². The Morgan fingerprint density at radius 1 is 1.24 bits per heavy atom. The molecule has 0 bridgehead atoms. The molecule has 0 radical (unpaired) electrons. The molecule has 3 rings (SSSR count). The zero-order chi connectivity index (χ0) is 18.1. The number of carboxylic acids is 1. The van der Waals surface area contributed by atoms with E-state index in [1.165, 1.54) is 0 Å². The van der Waals surface area contributed by atoms with Crippen molar-refractivity contribution in [3.8, 4) is 11.5 Å². The van der Waals surface area contributed by atoms with Gasteiger partial charge >= 0.3 is 5.97 Å². The lowest BCUT2D eigenvalue weighted by Gasteiger charge is -2.10. The molecule has 0 saturated heterocycles. The summed E-state index contributed by atoms with van der Waals surface area (Å²) in [6.45, 7) is 1.92. The van der Waals surface area contributed by atoms with E-state index in [9.17, 15) is 4.79 Å². The smallest absolute Gasteiger partial charge is 0.356 e. The van der Waals surface area contributed by atoms with E-state index in [0.717, 1.165) is 5.56 Å². The van der Waals surface area contributed by atoms with Crippen LogP contribution in [0.5, 0.6) is 11.5 Å². The Hall–Kier alpha value is -2.22. The van der Waals surface area contributed by atoms with Crippen LogP contribution in [0, 0.1) is 0 Å². The van der Waals surface area contributed by atoms with Gasteiger partial charge in [0.1, 0.15) is 10.0 Å². The first-order valence-electron chi connectivity index (χ1n) is 6.86. The molecule has 2 N–H and O–H groups in total. The fourth-order valence-electron chi connectivity index (χ4n) is 2.08. The van der Waals surface area contributed by atoms with Crippen LogP contribution >= 0.6 is 34.8 Å². The van der Waals surface area contributed by atoms with Crippen LogP contribution in [0.15, 0.2) is 23.3 Å². The predicted octanol–water partition coefficient (Wildman–Crippen LogP) is 4.30. The molecule has 2 aromatic rings. The molecule has 0 amide bonds. The van der Waals surface area contributed by atoms with Crippen LogP contribution in [-0.2, 0) is 0 Å². The number of ether oxygens (including phenoxy) is 2. The number of rotatable bonds is 4. The first kappa shape index (κ1) is 17.6. The van der Waals surface area contributed by atoms with E-state index >= 15 is 0 Å². The predicted molar refractivity (Wildman–Crippen MR) is 94.6 cm³/mol. The van der Waals surface area contributed by atoms with Gasteiger partial charge in [-0.2, -0.15) is 5.10 Å². The molecule has 0 saturated carbocycles.